The van der Waals surface area contributed by atoms with Gasteiger partial charge in [0.25, 0.3) is 0 Å². The average molecular weight is 313 g/mol. The molecule has 1 heterocycles. The highest BCUT2D eigenvalue weighted by molar-refractivity contribution is 7.91. The standard InChI is InChI=1S/C13H15NO6S/c15-12(16)9-20-13(17)10-1-3-11(4-2-10)14-5-7-21(18,19)8-6-14/h1-4H,5-9H2,(H,15,16). The van der Waals surface area contributed by atoms with Gasteiger partial charge in [0, 0.05) is 18.8 Å². The first-order chi connectivity index (χ1) is 9.87. The molecule has 1 N–H and O–H groups in total. The van der Waals surface area contributed by atoms with Crippen LogP contribution in [0.25, 0.3) is 0 Å². The Morgan fingerprint density at radius 1 is 1.14 bits per heavy atom. The van der Waals surface area contributed by atoms with Crippen LogP contribution in [0.2, 0.25) is 0 Å². The fourth-order valence-corrected chi connectivity index (χ4v) is 3.19. The van der Waals surface area contributed by atoms with Gasteiger partial charge in [-0.2, -0.15) is 0 Å². The maximum atomic E-state index is 11.5. The SMILES string of the molecule is O=C(O)COC(=O)c1ccc(N2CCS(=O)(=O)CC2)cc1. The van der Waals surface area contributed by atoms with E-state index in [9.17, 15) is 18.0 Å². The maximum Gasteiger partial charge on any atom is 0.341 e. The Bertz CT molecular complexity index is 623. The van der Waals surface area contributed by atoms with Crippen LogP contribution < -0.4 is 4.90 Å². The first-order valence-electron chi connectivity index (χ1n) is 6.32. The predicted molar refractivity (Wildman–Crippen MR) is 75.2 cm³/mol. The molecule has 2 rings (SSSR count). The third-order valence-corrected chi connectivity index (χ3v) is 4.75. The van der Waals surface area contributed by atoms with Crippen LogP contribution in [0.5, 0.6) is 0 Å². The van der Waals surface area contributed by atoms with Crippen molar-refractivity contribution in [2.24, 2.45) is 0 Å². The third kappa shape index (κ3) is 4.19. The Hall–Kier alpha value is -2.09. The summed E-state index contributed by atoms with van der Waals surface area (Å²) in [5.74, 6) is -1.68. The summed E-state index contributed by atoms with van der Waals surface area (Å²) < 4.78 is 27.3. The Morgan fingerprint density at radius 2 is 1.71 bits per heavy atom. The second kappa shape index (κ2) is 6.13. The number of hydrogen-bond acceptors (Lipinski definition) is 6. The van der Waals surface area contributed by atoms with Crippen molar-refractivity contribution in [3.05, 3.63) is 29.8 Å². The van der Waals surface area contributed by atoms with Gasteiger partial charge in [-0.15, -0.1) is 0 Å². The van der Waals surface area contributed by atoms with E-state index in [0.717, 1.165) is 5.69 Å². The molecule has 0 unspecified atom stereocenters. The lowest BCUT2D eigenvalue weighted by Gasteiger charge is -2.28. The molecule has 0 aromatic heterocycles. The number of carboxylic acid groups (broad SMARTS) is 1. The number of carboxylic acids is 1. The summed E-state index contributed by atoms with van der Waals surface area (Å²) in [5, 5.41) is 8.43. The van der Waals surface area contributed by atoms with E-state index in [1.54, 1.807) is 12.1 Å². The van der Waals surface area contributed by atoms with Gasteiger partial charge in [-0.3, -0.25) is 0 Å². The van der Waals surface area contributed by atoms with E-state index in [2.05, 4.69) is 4.74 Å². The number of benzene rings is 1. The zero-order valence-corrected chi connectivity index (χ0v) is 12.0. The van der Waals surface area contributed by atoms with Crippen LogP contribution >= 0.6 is 0 Å². The molecule has 1 aromatic rings. The third-order valence-electron chi connectivity index (χ3n) is 3.14. The van der Waals surface area contributed by atoms with E-state index in [1.807, 2.05) is 4.90 Å². The summed E-state index contributed by atoms with van der Waals surface area (Å²) in [4.78, 5) is 23.8. The highest BCUT2D eigenvalue weighted by Crippen LogP contribution is 2.18. The minimum Gasteiger partial charge on any atom is -0.479 e. The zero-order valence-electron chi connectivity index (χ0n) is 11.2. The summed E-state index contributed by atoms with van der Waals surface area (Å²) in [6.07, 6.45) is 0. The van der Waals surface area contributed by atoms with Gasteiger partial charge in [0.05, 0.1) is 17.1 Å². The molecule has 21 heavy (non-hydrogen) atoms. The molecule has 1 fully saturated rings. The van der Waals surface area contributed by atoms with Gasteiger partial charge in [0.15, 0.2) is 16.4 Å². The smallest absolute Gasteiger partial charge is 0.341 e. The molecule has 1 saturated heterocycles. The van der Waals surface area contributed by atoms with Gasteiger partial charge in [0.1, 0.15) is 0 Å². The summed E-state index contributed by atoms with van der Waals surface area (Å²) in [6, 6.07) is 6.44. The number of anilines is 1. The van der Waals surface area contributed by atoms with Crippen molar-refractivity contribution in [2.45, 2.75) is 0 Å². The second-order valence-corrected chi connectivity index (χ2v) is 6.96. The lowest BCUT2D eigenvalue weighted by molar-refractivity contribution is -0.140. The minimum absolute atomic E-state index is 0.120. The quantitative estimate of drug-likeness (QED) is 0.790. The number of aliphatic carboxylic acids is 1. The van der Waals surface area contributed by atoms with E-state index in [1.165, 1.54) is 12.1 Å². The van der Waals surface area contributed by atoms with Crippen molar-refractivity contribution < 1.29 is 27.9 Å². The minimum atomic E-state index is -2.93. The molecular weight excluding hydrogens is 298 g/mol. The Morgan fingerprint density at radius 3 is 2.24 bits per heavy atom. The van der Waals surface area contributed by atoms with Crippen LogP contribution in [0.1, 0.15) is 10.4 Å². The first-order valence-corrected chi connectivity index (χ1v) is 8.14. The van der Waals surface area contributed by atoms with Crippen molar-refractivity contribution in [2.75, 3.05) is 36.1 Å². The molecular formula is C13H15NO6S. The van der Waals surface area contributed by atoms with Crippen LogP contribution in [0.3, 0.4) is 0 Å². The molecule has 0 saturated carbocycles. The molecule has 7 nitrogen and oxygen atoms in total. The average Bonchev–Trinajstić information content (AvgIpc) is 2.45. The fourth-order valence-electron chi connectivity index (χ4n) is 1.99. The molecule has 0 atom stereocenters. The lowest BCUT2D eigenvalue weighted by atomic mass is 10.2. The van der Waals surface area contributed by atoms with Gasteiger partial charge in [0.2, 0.25) is 0 Å². The largest absolute Gasteiger partial charge is 0.479 e. The molecule has 0 amide bonds. The zero-order chi connectivity index (χ0) is 15.5. The highest BCUT2D eigenvalue weighted by Gasteiger charge is 2.21. The molecule has 1 aliphatic heterocycles. The van der Waals surface area contributed by atoms with Crippen LogP contribution in [-0.4, -0.2) is 56.7 Å². The number of esters is 1. The van der Waals surface area contributed by atoms with E-state index < -0.39 is 28.4 Å². The summed E-state index contributed by atoms with van der Waals surface area (Å²) in [5.41, 5.74) is 1.07. The Labute approximate surface area is 122 Å². The molecule has 1 aliphatic rings. The number of hydrogen-bond donors (Lipinski definition) is 1. The van der Waals surface area contributed by atoms with Gasteiger partial charge in [-0.25, -0.2) is 18.0 Å². The van der Waals surface area contributed by atoms with Crippen LogP contribution in [0.4, 0.5) is 5.69 Å². The topological polar surface area (TPSA) is 101 Å². The van der Waals surface area contributed by atoms with Crippen molar-refractivity contribution in [3.63, 3.8) is 0 Å². The summed E-state index contributed by atoms with van der Waals surface area (Å²) in [7, 11) is -2.93. The molecule has 0 radical (unpaired) electrons. The molecule has 0 bridgehead atoms. The fraction of sp³-hybridized carbons (Fsp3) is 0.385. The maximum absolute atomic E-state index is 11.5. The number of nitrogens with zero attached hydrogens (tertiary/aromatic N) is 1. The normalized spacial score (nSPS) is 17.2. The monoisotopic (exact) mass is 313 g/mol. The second-order valence-electron chi connectivity index (χ2n) is 4.66. The lowest BCUT2D eigenvalue weighted by Crippen LogP contribution is -2.40. The Balaban J connectivity index is 1.99. The molecule has 8 heteroatoms. The van der Waals surface area contributed by atoms with Crippen molar-refractivity contribution in [1.29, 1.82) is 0 Å². The number of carbonyl (C=O) groups is 2. The van der Waals surface area contributed by atoms with E-state index in [4.69, 9.17) is 5.11 Å². The Kier molecular flexibility index (Phi) is 4.46. The summed E-state index contributed by atoms with van der Waals surface area (Å²) >= 11 is 0. The molecule has 0 aliphatic carbocycles. The van der Waals surface area contributed by atoms with Gasteiger partial charge in [-0.05, 0) is 24.3 Å². The van der Waals surface area contributed by atoms with Crippen molar-refractivity contribution in [3.8, 4) is 0 Å². The molecule has 0 spiro atoms. The number of sulfone groups is 1. The van der Waals surface area contributed by atoms with E-state index in [-0.39, 0.29) is 17.1 Å². The van der Waals surface area contributed by atoms with Crippen molar-refractivity contribution >= 4 is 27.5 Å². The molecule has 1 aromatic carbocycles. The van der Waals surface area contributed by atoms with E-state index >= 15 is 0 Å². The van der Waals surface area contributed by atoms with Crippen LogP contribution in [0, 0.1) is 0 Å². The number of carbonyl (C=O) groups excluding carboxylic acids is 1. The van der Waals surface area contributed by atoms with Gasteiger partial charge >= 0.3 is 11.9 Å². The molecule has 114 valence electrons. The van der Waals surface area contributed by atoms with Crippen molar-refractivity contribution in [1.82, 2.24) is 0 Å². The number of rotatable bonds is 4. The highest BCUT2D eigenvalue weighted by atomic mass is 32.2. The summed E-state index contributed by atoms with van der Waals surface area (Å²) in [6.45, 7) is 0.168. The van der Waals surface area contributed by atoms with Gasteiger partial charge in [-0.1, -0.05) is 0 Å². The van der Waals surface area contributed by atoms with Crippen LogP contribution in [0.15, 0.2) is 24.3 Å². The van der Waals surface area contributed by atoms with E-state index in [0.29, 0.717) is 13.1 Å². The first kappa shape index (κ1) is 15.3. The van der Waals surface area contributed by atoms with Crippen LogP contribution in [-0.2, 0) is 19.4 Å². The number of ether oxygens (including phenoxy) is 1. The predicted octanol–water partition coefficient (Wildman–Crippen LogP) is 0.163. The van der Waals surface area contributed by atoms with Gasteiger partial charge < -0.3 is 14.7 Å².